The Hall–Kier alpha value is -2.22. The van der Waals surface area contributed by atoms with Gasteiger partial charge in [-0.3, -0.25) is 4.79 Å². The molecule has 1 N–H and O–H groups in total. The van der Waals surface area contributed by atoms with Crippen molar-refractivity contribution in [2.75, 3.05) is 11.9 Å². The number of nitrogens with zero attached hydrogens (tertiary/aromatic N) is 1. The van der Waals surface area contributed by atoms with Crippen molar-refractivity contribution in [1.29, 1.82) is 0 Å². The zero-order valence-corrected chi connectivity index (χ0v) is 12.3. The van der Waals surface area contributed by atoms with Gasteiger partial charge in [-0.15, -0.1) is 0 Å². The summed E-state index contributed by atoms with van der Waals surface area (Å²) in [6, 6.07) is 11.4. The number of halogens is 2. The lowest BCUT2D eigenvalue weighted by Crippen LogP contribution is -2.20. The van der Waals surface area contributed by atoms with Crippen LogP contribution in [0.4, 0.5) is 11.4 Å². The second kappa shape index (κ2) is 6.98. The van der Waals surface area contributed by atoms with Crippen LogP contribution in [-0.4, -0.2) is 12.5 Å². The lowest BCUT2D eigenvalue weighted by atomic mass is 10.3. The summed E-state index contributed by atoms with van der Waals surface area (Å²) in [4.78, 5) is 15.1. The molecule has 0 atom stereocenters. The van der Waals surface area contributed by atoms with E-state index in [9.17, 15) is 4.79 Å². The molecule has 2 aromatic rings. The normalized spacial score (nSPS) is 9.76. The number of nitrogens with one attached hydrogen (secondary N) is 1. The first-order valence-electron chi connectivity index (χ1n) is 5.94. The fraction of sp³-hybridized carbons (Fsp3) is 0.0667. The van der Waals surface area contributed by atoms with Crippen LogP contribution in [-0.2, 0) is 4.79 Å². The molecule has 0 aromatic heterocycles. The molecule has 0 spiro atoms. The lowest BCUT2D eigenvalue weighted by Gasteiger charge is -2.09. The third kappa shape index (κ3) is 4.38. The number of rotatable bonds is 4. The van der Waals surface area contributed by atoms with Crippen LogP contribution in [0.5, 0.6) is 5.75 Å². The zero-order chi connectivity index (χ0) is 15.2. The minimum Gasteiger partial charge on any atom is -0.482 e. The van der Waals surface area contributed by atoms with Gasteiger partial charge in [0.2, 0.25) is 0 Å². The highest BCUT2D eigenvalue weighted by atomic mass is 35.5. The van der Waals surface area contributed by atoms with Crippen LogP contribution in [0.1, 0.15) is 0 Å². The van der Waals surface area contributed by atoms with E-state index < -0.39 is 0 Å². The largest absolute Gasteiger partial charge is 0.482 e. The van der Waals surface area contributed by atoms with Crippen LogP contribution in [0.2, 0.25) is 10.0 Å². The Morgan fingerprint density at radius 1 is 1.24 bits per heavy atom. The average Bonchev–Trinajstić information content (AvgIpc) is 2.46. The van der Waals surface area contributed by atoms with E-state index in [1.165, 1.54) is 6.07 Å². The van der Waals surface area contributed by atoms with Gasteiger partial charge in [0, 0.05) is 10.7 Å². The molecule has 4 nitrogen and oxygen atoms in total. The smallest absolute Gasteiger partial charge is 0.262 e. The third-order valence-corrected chi connectivity index (χ3v) is 3.04. The quantitative estimate of drug-likeness (QED) is 0.839. The average molecular weight is 321 g/mol. The molecule has 2 aromatic carbocycles. The van der Waals surface area contributed by atoms with Crippen LogP contribution in [0.3, 0.4) is 0 Å². The first kappa shape index (κ1) is 15.2. The highest BCUT2D eigenvalue weighted by Gasteiger charge is 2.07. The first-order valence-corrected chi connectivity index (χ1v) is 6.69. The van der Waals surface area contributed by atoms with E-state index in [4.69, 9.17) is 34.5 Å². The van der Waals surface area contributed by atoms with Gasteiger partial charge in [0.1, 0.15) is 5.75 Å². The number of ether oxygens (including phenoxy) is 1. The number of hydrogen-bond donors (Lipinski definition) is 1. The summed E-state index contributed by atoms with van der Waals surface area (Å²) in [5.74, 6) is 0.0364. The molecule has 6 heteroatoms. The number of amides is 1. The molecule has 0 fully saturated rings. The van der Waals surface area contributed by atoms with Gasteiger partial charge in [-0.25, -0.2) is 4.85 Å². The monoisotopic (exact) mass is 320 g/mol. The molecular formula is C15H10Cl2N2O2. The van der Waals surface area contributed by atoms with Crippen LogP contribution in [0.25, 0.3) is 4.85 Å². The van der Waals surface area contributed by atoms with Gasteiger partial charge in [-0.2, -0.15) is 0 Å². The Kier molecular flexibility index (Phi) is 5.04. The second-order valence-corrected chi connectivity index (χ2v) is 4.92. The summed E-state index contributed by atoms with van der Waals surface area (Å²) in [6.07, 6.45) is 0. The molecule has 0 saturated heterocycles. The molecular weight excluding hydrogens is 311 g/mol. The number of benzene rings is 2. The summed E-state index contributed by atoms with van der Waals surface area (Å²) in [7, 11) is 0. The van der Waals surface area contributed by atoms with Gasteiger partial charge in [0.25, 0.3) is 5.91 Å². The highest BCUT2D eigenvalue weighted by molar-refractivity contribution is 6.35. The molecule has 0 aliphatic heterocycles. The third-order valence-electron chi connectivity index (χ3n) is 2.51. The Balaban J connectivity index is 1.94. The van der Waals surface area contributed by atoms with Crippen molar-refractivity contribution in [3.8, 4) is 5.75 Å². The van der Waals surface area contributed by atoms with E-state index in [1.807, 2.05) is 0 Å². The topological polar surface area (TPSA) is 42.7 Å². The molecule has 0 bridgehead atoms. The summed E-state index contributed by atoms with van der Waals surface area (Å²) < 4.78 is 5.32. The van der Waals surface area contributed by atoms with Crippen molar-refractivity contribution >= 4 is 40.5 Å². The van der Waals surface area contributed by atoms with Crippen LogP contribution >= 0.6 is 23.2 Å². The summed E-state index contributed by atoms with van der Waals surface area (Å²) in [6.45, 7) is 6.73. The van der Waals surface area contributed by atoms with Crippen molar-refractivity contribution in [3.63, 3.8) is 0 Å². The highest BCUT2D eigenvalue weighted by Crippen LogP contribution is 2.27. The van der Waals surface area contributed by atoms with Crippen molar-refractivity contribution in [2.24, 2.45) is 0 Å². The predicted octanol–water partition coefficient (Wildman–Crippen LogP) is 4.56. The zero-order valence-electron chi connectivity index (χ0n) is 10.8. The summed E-state index contributed by atoms with van der Waals surface area (Å²) >= 11 is 11.7. The molecule has 0 heterocycles. The second-order valence-electron chi connectivity index (χ2n) is 4.07. The van der Waals surface area contributed by atoms with Gasteiger partial charge in [-0.1, -0.05) is 35.3 Å². The predicted molar refractivity (Wildman–Crippen MR) is 83.3 cm³/mol. The first-order chi connectivity index (χ1) is 10.1. The van der Waals surface area contributed by atoms with E-state index in [-0.39, 0.29) is 12.5 Å². The molecule has 1 amide bonds. The molecule has 106 valence electrons. The van der Waals surface area contributed by atoms with E-state index in [0.717, 1.165) is 0 Å². The van der Waals surface area contributed by atoms with Crippen LogP contribution in [0.15, 0.2) is 42.5 Å². The number of anilines is 1. The fourth-order valence-electron chi connectivity index (χ4n) is 1.59. The summed E-state index contributed by atoms with van der Waals surface area (Å²) in [5, 5.41) is 3.47. The Morgan fingerprint density at radius 3 is 2.76 bits per heavy atom. The van der Waals surface area contributed by atoms with Crippen molar-refractivity contribution in [2.45, 2.75) is 0 Å². The van der Waals surface area contributed by atoms with E-state index >= 15 is 0 Å². The fourth-order valence-corrected chi connectivity index (χ4v) is 2.05. The molecule has 0 aliphatic carbocycles. The van der Waals surface area contributed by atoms with E-state index in [2.05, 4.69) is 10.2 Å². The Labute approximate surface area is 132 Å². The molecule has 21 heavy (non-hydrogen) atoms. The number of hydrogen-bond acceptors (Lipinski definition) is 2. The minimum absolute atomic E-state index is 0.191. The van der Waals surface area contributed by atoms with E-state index in [0.29, 0.717) is 27.2 Å². The van der Waals surface area contributed by atoms with Crippen molar-refractivity contribution in [1.82, 2.24) is 0 Å². The van der Waals surface area contributed by atoms with Crippen LogP contribution < -0.4 is 10.1 Å². The van der Waals surface area contributed by atoms with Gasteiger partial charge in [-0.05, 0) is 30.3 Å². The Bertz CT molecular complexity index is 711. The Morgan fingerprint density at radius 2 is 2.05 bits per heavy atom. The maximum Gasteiger partial charge on any atom is 0.262 e. The standard InChI is InChI=1S/C15H10Cl2N2O2/c1-18-11-3-2-4-12(8-11)19-15(20)9-21-14-6-5-10(16)7-13(14)17/h2-8H,9H2,(H,19,20). The van der Waals surface area contributed by atoms with E-state index in [1.54, 1.807) is 36.4 Å². The molecule has 0 unspecified atom stereocenters. The lowest BCUT2D eigenvalue weighted by molar-refractivity contribution is -0.118. The van der Waals surface area contributed by atoms with Crippen molar-refractivity contribution < 1.29 is 9.53 Å². The number of carbonyl (C=O) groups is 1. The maximum atomic E-state index is 11.8. The van der Waals surface area contributed by atoms with Crippen molar-refractivity contribution in [3.05, 3.63) is 63.9 Å². The molecule has 0 aliphatic rings. The molecule has 0 saturated carbocycles. The van der Waals surface area contributed by atoms with Gasteiger partial charge in [0.15, 0.2) is 12.3 Å². The van der Waals surface area contributed by atoms with Crippen LogP contribution in [0, 0.1) is 6.57 Å². The summed E-state index contributed by atoms with van der Waals surface area (Å²) in [5.41, 5.74) is 0.994. The maximum absolute atomic E-state index is 11.8. The van der Waals surface area contributed by atoms with Gasteiger partial charge < -0.3 is 10.1 Å². The van der Waals surface area contributed by atoms with Gasteiger partial charge >= 0.3 is 0 Å². The van der Waals surface area contributed by atoms with Gasteiger partial charge in [0.05, 0.1) is 11.6 Å². The SMILES string of the molecule is [C-]#[N+]c1cccc(NC(=O)COc2ccc(Cl)cc2Cl)c1. The number of carbonyl (C=O) groups excluding carboxylic acids is 1. The molecule has 0 radical (unpaired) electrons. The minimum atomic E-state index is -0.344. The molecule has 2 rings (SSSR count).